The van der Waals surface area contributed by atoms with Gasteiger partial charge in [0.25, 0.3) is 5.56 Å². The molecular weight excluding hydrogens is 386 g/mol. The molecule has 1 aliphatic heterocycles. The lowest BCUT2D eigenvalue weighted by atomic mass is 9.81. The van der Waals surface area contributed by atoms with Gasteiger partial charge in [-0.2, -0.15) is 0 Å². The van der Waals surface area contributed by atoms with E-state index in [1.54, 1.807) is 4.68 Å². The fraction of sp³-hybridized carbons (Fsp3) is 0.423. The number of rotatable bonds is 5. The monoisotopic (exact) mass is 417 g/mol. The van der Waals surface area contributed by atoms with Gasteiger partial charge in [-0.15, -0.1) is 0 Å². The van der Waals surface area contributed by atoms with Gasteiger partial charge in [-0.25, -0.2) is 9.66 Å². The Kier molecular flexibility index (Phi) is 5.24. The van der Waals surface area contributed by atoms with Crippen LogP contribution in [0.5, 0.6) is 0 Å². The van der Waals surface area contributed by atoms with Crippen LogP contribution in [0.3, 0.4) is 0 Å². The molecule has 0 unspecified atom stereocenters. The molecule has 0 radical (unpaired) electrons. The van der Waals surface area contributed by atoms with E-state index < -0.39 is 0 Å². The number of nitrogens with zero attached hydrogens (tertiary/aromatic N) is 3. The van der Waals surface area contributed by atoms with Crippen molar-refractivity contribution >= 4 is 16.7 Å². The number of fused-ring (bicyclic) bond motifs is 1. The molecule has 31 heavy (non-hydrogen) atoms. The van der Waals surface area contributed by atoms with E-state index in [9.17, 15) is 9.59 Å². The third-order valence-corrected chi connectivity index (χ3v) is 6.48. The third kappa shape index (κ3) is 3.67. The van der Waals surface area contributed by atoms with Crippen molar-refractivity contribution in [3.63, 3.8) is 0 Å². The Balaban J connectivity index is 1.96. The molecule has 0 spiro atoms. The number of aromatic nitrogens is 2. The van der Waals surface area contributed by atoms with E-state index in [1.165, 1.54) is 0 Å². The number of hydrogen-bond donors (Lipinski definition) is 0. The molecule has 2 heterocycles. The summed E-state index contributed by atoms with van der Waals surface area (Å²) in [5, 5.41) is 2.51. The predicted molar refractivity (Wildman–Crippen MR) is 125 cm³/mol. The van der Waals surface area contributed by atoms with Gasteiger partial charge in [0.15, 0.2) is 5.78 Å². The van der Waals surface area contributed by atoms with Crippen LogP contribution in [0.2, 0.25) is 0 Å². The average molecular weight is 418 g/mol. The number of para-hydroxylation sites is 1. The van der Waals surface area contributed by atoms with Crippen molar-refractivity contribution in [2.24, 2.45) is 11.3 Å². The molecule has 1 aliphatic rings. The summed E-state index contributed by atoms with van der Waals surface area (Å²) in [4.78, 5) is 31.8. The van der Waals surface area contributed by atoms with Gasteiger partial charge in [0.1, 0.15) is 17.9 Å². The zero-order valence-corrected chi connectivity index (χ0v) is 19.2. The van der Waals surface area contributed by atoms with Gasteiger partial charge in [0, 0.05) is 11.8 Å². The number of benzene rings is 2. The summed E-state index contributed by atoms with van der Waals surface area (Å²) < 4.78 is 1.70. The van der Waals surface area contributed by atoms with Gasteiger partial charge >= 0.3 is 0 Å². The smallest absolute Gasteiger partial charge is 0.280 e. The van der Waals surface area contributed by atoms with Crippen LogP contribution in [0, 0.1) is 11.3 Å². The van der Waals surface area contributed by atoms with Crippen molar-refractivity contribution in [1.29, 1.82) is 0 Å². The van der Waals surface area contributed by atoms with Crippen LogP contribution < -0.4 is 10.6 Å². The van der Waals surface area contributed by atoms with Crippen LogP contribution in [0.25, 0.3) is 10.9 Å². The third-order valence-electron chi connectivity index (χ3n) is 6.48. The first-order chi connectivity index (χ1) is 14.6. The van der Waals surface area contributed by atoms with E-state index in [2.05, 4.69) is 27.7 Å². The topological polar surface area (TPSA) is 55.0 Å². The summed E-state index contributed by atoms with van der Waals surface area (Å²) in [5.41, 5.74) is 1.52. The van der Waals surface area contributed by atoms with E-state index in [-0.39, 0.29) is 40.7 Å². The molecule has 1 saturated heterocycles. The van der Waals surface area contributed by atoms with Crippen LogP contribution in [0.4, 0.5) is 0 Å². The minimum Gasteiger partial charge on any atom is -0.297 e. The van der Waals surface area contributed by atoms with E-state index >= 15 is 0 Å². The summed E-state index contributed by atoms with van der Waals surface area (Å²) in [6.07, 6.45) is 0. The molecule has 0 N–H and O–H groups in total. The van der Waals surface area contributed by atoms with Crippen LogP contribution in [-0.2, 0) is 4.79 Å². The normalized spacial score (nSPS) is 19.6. The molecule has 5 nitrogen and oxygen atoms in total. The summed E-state index contributed by atoms with van der Waals surface area (Å²) in [6, 6.07) is 16.9. The SMILES string of the molecule is CC(C)C(=O)[C@@H]1[C@@H](c2ccccc2)N1n1c([C@@H](C)C(C)(C)C)nc2ccccc2c1=O. The molecule has 3 aromatic rings. The first kappa shape index (κ1) is 21.3. The van der Waals surface area contributed by atoms with Crippen molar-refractivity contribution in [2.45, 2.75) is 59.5 Å². The number of hydrogen-bond acceptors (Lipinski definition) is 4. The van der Waals surface area contributed by atoms with Crippen LogP contribution in [0.15, 0.2) is 59.4 Å². The lowest BCUT2D eigenvalue weighted by Gasteiger charge is -2.29. The Hall–Kier alpha value is -2.95. The maximum absolute atomic E-state index is 13.7. The molecule has 5 heteroatoms. The fourth-order valence-corrected chi connectivity index (χ4v) is 4.11. The molecule has 0 amide bonds. The molecule has 0 saturated carbocycles. The summed E-state index contributed by atoms with van der Waals surface area (Å²) in [5.74, 6) is 0.741. The number of ketones is 1. The van der Waals surface area contributed by atoms with E-state index in [0.717, 1.165) is 5.56 Å². The van der Waals surface area contributed by atoms with E-state index in [4.69, 9.17) is 4.98 Å². The zero-order valence-electron chi connectivity index (χ0n) is 19.2. The summed E-state index contributed by atoms with van der Waals surface area (Å²) in [6.45, 7) is 12.4. The highest BCUT2D eigenvalue weighted by Crippen LogP contribution is 2.44. The number of carbonyl (C=O) groups is 1. The highest BCUT2D eigenvalue weighted by Gasteiger charge is 2.55. The molecule has 0 bridgehead atoms. The maximum atomic E-state index is 13.7. The van der Waals surface area contributed by atoms with Gasteiger partial charge in [-0.1, -0.05) is 84.0 Å². The average Bonchev–Trinajstić information content (AvgIpc) is 3.47. The van der Waals surface area contributed by atoms with Crippen molar-refractivity contribution in [3.05, 3.63) is 76.3 Å². The lowest BCUT2D eigenvalue weighted by molar-refractivity contribution is -0.121. The van der Waals surface area contributed by atoms with Gasteiger partial charge in [-0.05, 0) is 23.1 Å². The maximum Gasteiger partial charge on any atom is 0.280 e. The molecule has 162 valence electrons. The van der Waals surface area contributed by atoms with Crippen LogP contribution in [-0.4, -0.2) is 21.5 Å². The van der Waals surface area contributed by atoms with Crippen molar-refractivity contribution in [1.82, 2.24) is 9.66 Å². The number of Topliss-reactive ketones (excluding diaryl/α,β-unsaturated/α-hetero) is 1. The molecule has 0 aliphatic carbocycles. The highest BCUT2D eigenvalue weighted by atomic mass is 16.2. The minimum absolute atomic E-state index is 0.0108. The molecule has 3 atom stereocenters. The minimum atomic E-state index is -0.367. The van der Waals surface area contributed by atoms with E-state index in [1.807, 2.05) is 73.5 Å². The summed E-state index contributed by atoms with van der Waals surface area (Å²) in [7, 11) is 0. The van der Waals surface area contributed by atoms with Crippen LogP contribution >= 0.6 is 0 Å². The van der Waals surface area contributed by atoms with Crippen LogP contribution in [0.1, 0.15) is 64.9 Å². The Bertz CT molecular complexity index is 1170. The second-order valence-corrected chi connectivity index (χ2v) is 9.93. The molecular formula is C26H31N3O2. The number of carbonyl (C=O) groups excluding carboxylic acids is 1. The van der Waals surface area contributed by atoms with Gasteiger partial charge in [0.05, 0.1) is 10.9 Å². The molecule has 1 aromatic heterocycles. The Morgan fingerprint density at radius 1 is 0.968 bits per heavy atom. The quantitative estimate of drug-likeness (QED) is 0.558. The molecule has 2 aromatic carbocycles. The molecule has 4 rings (SSSR count). The van der Waals surface area contributed by atoms with Gasteiger partial charge < -0.3 is 0 Å². The van der Waals surface area contributed by atoms with Crippen molar-refractivity contribution in [2.75, 3.05) is 5.01 Å². The van der Waals surface area contributed by atoms with Gasteiger partial charge in [0.2, 0.25) is 0 Å². The van der Waals surface area contributed by atoms with Gasteiger partial charge in [-0.3, -0.25) is 14.6 Å². The standard InChI is InChI=1S/C26H31N3O2/c1-16(2)23(30)22-21(18-12-8-7-9-13-18)28(22)29-24(17(3)26(4,5)6)27-20-15-11-10-14-19(20)25(29)31/h7-17,21-22H,1-6H3/t17-,21-,22+,28?/m1/s1. The van der Waals surface area contributed by atoms with Crippen molar-refractivity contribution in [3.8, 4) is 0 Å². The Morgan fingerprint density at radius 2 is 1.58 bits per heavy atom. The first-order valence-corrected chi connectivity index (χ1v) is 11.0. The Labute approximate surface area is 183 Å². The first-order valence-electron chi connectivity index (χ1n) is 11.0. The van der Waals surface area contributed by atoms with E-state index in [0.29, 0.717) is 16.7 Å². The second kappa shape index (κ2) is 7.63. The molecule has 1 fully saturated rings. The summed E-state index contributed by atoms with van der Waals surface area (Å²) >= 11 is 0. The Morgan fingerprint density at radius 3 is 2.19 bits per heavy atom. The highest BCUT2D eigenvalue weighted by molar-refractivity contribution is 5.93. The largest absolute Gasteiger partial charge is 0.297 e. The predicted octanol–water partition coefficient (Wildman–Crippen LogP) is 4.83. The lowest BCUT2D eigenvalue weighted by Crippen LogP contribution is -2.38. The van der Waals surface area contributed by atoms with Crippen molar-refractivity contribution < 1.29 is 4.79 Å². The second-order valence-electron chi connectivity index (χ2n) is 9.93. The zero-order chi connectivity index (χ0) is 22.5. The fourth-order valence-electron chi connectivity index (χ4n) is 4.11.